The second-order valence-electron chi connectivity index (χ2n) is 4.49. The van der Waals surface area contributed by atoms with Crippen molar-refractivity contribution >= 4 is 17.8 Å². The molecule has 2 atom stereocenters. The summed E-state index contributed by atoms with van der Waals surface area (Å²) in [5.74, 6) is -0.615. The Morgan fingerprint density at radius 1 is 1.19 bits per heavy atom. The lowest BCUT2D eigenvalue weighted by Gasteiger charge is -2.13. The number of ether oxygens (including phenoxy) is 1. The zero-order valence-electron chi connectivity index (χ0n) is 13.3. The second-order valence-corrected chi connectivity index (χ2v) is 4.65. The summed E-state index contributed by atoms with van der Waals surface area (Å²) in [6, 6.07) is 7.23. The van der Waals surface area contributed by atoms with E-state index in [1.54, 1.807) is 7.11 Å². The minimum Gasteiger partial charge on any atom is -0.381 e. The van der Waals surface area contributed by atoms with Gasteiger partial charge in [0.25, 0.3) is 0 Å². The monoisotopic (exact) mass is 315 g/mol. The number of nitrogens with two attached hydrogens (primary N) is 1. The smallest absolute Gasteiger partial charge is 0.341 e. The van der Waals surface area contributed by atoms with Gasteiger partial charge in [0.05, 0.1) is 6.10 Å². The number of carbonyl (C=O) groups excluding carboxylic acids is 1. The third-order valence-electron chi connectivity index (χ3n) is 3.11. The number of hydrogen-bond donors (Lipinski definition) is 1. The fourth-order valence-corrected chi connectivity index (χ4v) is 1.98. The van der Waals surface area contributed by atoms with Gasteiger partial charge in [0.2, 0.25) is 0 Å². The van der Waals surface area contributed by atoms with Gasteiger partial charge in [0.15, 0.2) is 0 Å². The molecule has 2 N–H and O–H groups in total. The van der Waals surface area contributed by atoms with Gasteiger partial charge in [0, 0.05) is 7.11 Å². The molecule has 0 radical (unpaired) electrons. The average molecular weight is 316 g/mol. The number of carbonyl (C=O) groups is 1. The van der Waals surface area contributed by atoms with Gasteiger partial charge in [-0.1, -0.05) is 45.0 Å². The molecular weight excluding hydrogens is 290 g/mol. The first-order valence-corrected chi connectivity index (χ1v) is 7.60. The van der Waals surface area contributed by atoms with Crippen molar-refractivity contribution in [2.45, 2.75) is 52.2 Å². The van der Waals surface area contributed by atoms with E-state index < -0.39 is 12.0 Å². The van der Waals surface area contributed by atoms with Crippen LogP contribution in [0.5, 0.6) is 0 Å². The minimum atomic E-state index is -0.731. The maximum atomic E-state index is 11.1. The van der Waals surface area contributed by atoms with E-state index in [1.165, 1.54) is 5.56 Å². The largest absolute Gasteiger partial charge is 0.381 e. The fourth-order valence-electron chi connectivity index (χ4n) is 1.86. The van der Waals surface area contributed by atoms with E-state index >= 15 is 0 Å². The van der Waals surface area contributed by atoms with Gasteiger partial charge < -0.3 is 14.8 Å². The highest BCUT2D eigenvalue weighted by Crippen LogP contribution is 2.11. The summed E-state index contributed by atoms with van der Waals surface area (Å²) < 4.78 is 9.43. The lowest BCUT2D eigenvalue weighted by molar-refractivity contribution is -0.135. The second kappa shape index (κ2) is 11.5. The normalized spacial score (nSPS) is 12.9. The number of halogens is 1. The van der Waals surface area contributed by atoms with E-state index in [1.807, 2.05) is 38.1 Å². The predicted octanol–water partition coefficient (Wildman–Crippen LogP) is 3.25. The molecule has 1 aromatic carbocycles. The molecule has 0 heterocycles. The van der Waals surface area contributed by atoms with Crippen molar-refractivity contribution in [3.05, 3.63) is 35.4 Å². The van der Waals surface area contributed by atoms with Crippen LogP contribution in [-0.4, -0.2) is 25.2 Å². The van der Waals surface area contributed by atoms with E-state index in [-0.39, 0.29) is 6.10 Å². The van der Waals surface area contributed by atoms with Crippen LogP contribution in [0.3, 0.4) is 0 Å². The molecular formula is C16H26ClNO3. The van der Waals surface area contributed by atoms with Crippen LogP contribution in [0.25, 0.3) is 0 Å². The van der Waals surface area contributed by atoms with E-state index in [9.17, 15) is 4.79 Å². The zero-order chi connectivity index (χ0) is 16.3. The third-order valence-corrected chi connectivity index (χ3v) is 3.26. The van der Waals surface area contributed by atoms with E-state index in [2.05, 4.69) is 11.2 Å². The van der Waals surface area contributed by atoms with Gasteiger partial charge in [-0.3, -0.25) is 0 Å². The lowest BCUT2D eigenvalue weighted by Crippen LogP contribution is -2.32. The number of hydrogen-bond acceptors (Lipinski definition) is 4. The molecule has 0 bridgehead atoms. The SMILES string of the molecule is CC.CCC(Cc1ccc(CC(N)C(=O)OCl)cc1)OC. The van der Waals surface area contributed by atoms with Gasteiger partial charge >= 0.3 is 5.97 Å². The summed E-state index contributed by atoms with van der Waals surface area (Å²) in [4.78, 5) is 11.1. The Balaban J connectivity index is 0.00000191. The molecule has 0 saturated carbocycles. The summed E-state index contributed by atoms with van der Waals surface area (Å²) in [5.41, 5.74) is 7.82. The van der Waals surface area contributed by atoms with Crippen molar-refractivity contribution in [2.24, 2.45) is 5.73 Å². The van der Waals surface area contributed by atoms with Crippen LogP contribution in [0.2, 0.25) is 0 Å². The van der Waals surface area contributed by atoms with Gasteiger partial charge in [-0.25, -0.2) is 4.79 Å². The Hall–Kier alpha value is -1.10. The molecule has 0 aliphatic carbocycles. The lowest BCUT2D eigenvalue weighted by atomic mass is 10.0. The molecule has 0 spiro atoms. The molecule has 120 valence electrons. The highest BCUT2D eigenvalue weighted by atomic mass is 35.5. The number of rotatable bonds is 7. The Kier molecular flexibility index (Phi) is 10.9. The summed E-state index contributed by atoms with van der Waals surface area (Å²) in [5, 5.41) is 0. The molecule has 0 aromatic heterocycles. The molecule has 2 unspecified atom stereocenters. The first-order chi connectivity index (χ1) is 10.1. The molecule has 5 heteroatoms. The molecule has 0 aliphatic rings. The van der Waals surface area contributed by atoms with Gasteiger partial charge in [-0.2, -0.15) is 0 Å². The van der Waals surface area contributed by atoms with Crippen LogP contribution in [0.1, 0.15) is 38.3 Å². The van der Waals surface area contributed by atoms with Gasteiger partial charge in [0.1, 0.15) is 17.9 Å². The topological polar surface area (TPSA) is 61.6 Å². The van der Waals surface area contributed by atoms with Crippen molar-refractivity contribution in [1.29, 1.82) is 0 Å². The molecule has 4 nitrogen and oxygen atoms in total. The Labute approximate surface area is 132 Å². The maximum absolute atomic E-state index is 11.1. The Bertz CT molecular complexity index is 391. The first kappa shape index (κ1) is 19.9. The fraction of sp³-hybridized carbons (Fsp3) is 0.562. The summed E-state index contributed by atoms with van der Waals surface area (Å²) >= 11 is 4.98. The average Bonchev–Trinajstić information content (AvgIpc) is 2.55. The Morgan fingerprint density at radius 3 is 2.05 bits per heavy atom. The van der Waals surface area contributed by atoms with Crippen molar-refractivity contribution < 1.29 is 13.8 Å². The van der Waals surface area contributed by atoms with Crippen LogP contribution >= 0.6 is 11.9 Å². The number of benzene rings is 1. The molecule has 0 aliphatic heterocycles. The van der Waals surface area contributed by atoms with E-state index in [0.29, 0.717) is 6.42 Å². The highest BCUT2D eigenvalue weighted by Gasteiger charge is 2.15. The maximum Gasteiger partial charge on any atom is 0.341 e. The van der Waals surface area contributed by atoms with E-state index in [4.69, 9.17) is 22.3 Å². The van der Waals surface area contributed by atoms with Crippen molar-refractivity contribution in [3.63, 3.8) is 0 Å². The molecule has 0 saturated heterocycles. The summed E-state index contributed by atoms with van der Waals surface area (Å²) in [7, 11) is 1.72. The molecule has 21 heavy (non-hydrogen) atoms. The van der Waals surface area contributed by atoms with Crippen molar-refractivity contribution in [1.82, 2.24) is 0 Å². The van der Waals surface area contributed by atoms with Crippen LogP contribution in [0, 0.1) is 0 Å². The molecule has 1 rings (SSSR count). The third kappa shape index (κ3) is 7.46. The standard InChI is InChI=1S/C14H20ClNO3.C2H6/c1-3-12(18-2)8-10-4-6-11(7-5-10)9-13(16)14(17)19-15;1-2/h4-7,12-13H,3,8-9,16H2,1-2H3;1-2H3. The quantitative estimate of drug-likeness (QED) is 0.839. The van der Waals surface area contributed by atoms with Crippen LogP contribution in [0.15, 0.2) is 24.3 Å². The van der Waals surface area contributed by atoms with Crippen molar-refractivity contribution in [3.8, 4) is 0 Å². The van der Waals surface area contributed by atoms with Crippen LogP contribution in [0.4, 0.5) is 0 Å². The van der Waals surface area contributed by atoms with Crippen LogP contribution < -0.4 is 5.73 Å². The molecule has 0 fully saturated rings. The predicted molar refractivity (Wildman–Crippen MR) is 86.2 cm³/mol. The summed E-state index contributed by atoms with van der Waals surface area (Å²) in [6.45, 7) is 6.10. The van der Waals surface area contributed by atoms with Crippen molar-refractivity contribution in [2.75, 3.05) is 7.11 Å². The molecule has 1 aromatic rings. The number of methoxy groups -OCH3 is 1. The Morgan fingerprint density at radius 2 is 1.67 bits per heavy atom. The minimum absolute atomic E-state index is 0.235. The first-order valence-electron chi connectivity index (χ1n) is 7.29. The van der Waals surface area contributed by atoms with E-state index in [0.717, 1.165) is 18.4 Å². The summed E-state index contributed by atoms with van der Waals surface area (Å²) in [6.07, 6.45) is 2.50. The van der Waals surface area contributed by atoms with Gasteiger partial charge in [-0.05, 0) is 30.4 Å². The highest BCUT2D eigenvalue weighted by molar-refractivity contribution is 6.13. The molecule has 0 amide bonds. The van der Waals surface area contributed by atoms with Crippen LogP contribution in [-0.2, 0) is 26.7 Å². The zero-order valence-corrected chi connectivity index (χ0v) is 14.0. The van der Waals surface area contributed by atoms with Gasteiger partial charge in [-0.15, -0.1) is 0 Å².